The van der Waals surface area contributed by atoms with Gasteiger partial charge in [-0.3, -0.25) is 0 Å². The first-order chi connectivity index (χ1) is 10.7. The fourth-order valence-corrected chi connectivity index (χ4v) is 12.2. The van der Waals surface area contributed by atoms with Crippen LogP contribution in [-0.2, 0) is 16.2 Å². The van der Waals surface area contributed by atoms with Gasteiger partial charge in [0, 0.05) is 0 Å². The minimum atomic E-state index is -1.70. The van der Waals surface area contributed by atoms with Gasteiger partial charge < -0.3 is 4.12 Å². The second kappa shape index (κ2) is 7.16. The molecule has 0 aromatic heterocycles. The van der Waals surface area contributed by atoms with Crippen molar-refractivity contribution >= 4 is 16.6 Å². The third-order valence-corrected chi connectivity index (χ3v) is 11.0. The van der Waals surface area contributed by atoms with Crippen molar-refractivity contribution in [2.75, 3.05) is 0 Å². The lowest BCUT2D eigenvalue weighted by molar-refractivity contribution is 0.537. The first kappa shape index (κ1) is 18.2. The lowest BCUT2D eigenvalue weighted by Gasteiger charge is -2.34. The van der Waals surface area contributed by atoms with Crippen LogP contribution in [-0.4, -0.2) is 16.6 Å². The molecule has 0 unspecified atom stereocenters. The first-order valence-corrected chi connectivity index (χ1v) is 14.7. The van der Waals surface area contributed by atoms with Crippen LogP contribution in [0.25, 0.3) is 0 Å². The second-order valence-corrected chi connectivity index (χ2v) is 16.5. The molecule has 2 rings (SSSR count). The Labute approximate surface area is 144 Å². The fourth-order valence-electron chi connectivity index (χ4n) is 3.22. The standard InChI is InChI=1S/C20H30OSi2/c1-17-7-11-19(12-8-17)15-22(3,4)21-23(5,6)16-20-13-9-18(2)10-14-20/h7-14H,15-16H2,1-6H3. The Morgan fingerprint density at radius 2 is 0.913 bits per heavy atom. The van der Waals surface area contributed by atoms with Crippen LogP contribution in [0, 0.1) is 13.8 Å². The van der Waals surface area contributed by atoms with Crippen molar-refractivity contribution in [3.8, 4) is 0 Å². The van der Waals surface area contributed by atoms with Crippen LogP contribution in [0.1, 0.15) is 22.3 Å². The van der Waals surface area contributed by atoms with Gasteiger partial charge in [-0.2, -0.15) is 0 Å². The molecular weight excluding hydrogens is 312 g/mol. The highest BCUT2D eigenvalue weighted by Gasteiger charge is 2.33. The summed E-state index contributed by atoms with van der Waals surface area (Å²) in [5, 5.41) is 0. The van der Waals surface area contributed by atoms with Gasteiger partial charge in [-0.05, 0) is 63.3 Å². The Bertz CT molecular complexity index is 570. The Kier molecular flexibility index (Phi) is 5.66. The van der Waals surface area contributed by atoms with E-state index in [2.05, 4.69) is 88.6 Å². The summed E-state index contributed by atoms with van der Waals surface area (Å²) in [5.41, 5.74) is 5.46. The van der Waals surface area contributed by atoms with Gasteiger partial charge in [0.05, 0.1) is 0 Å². The summed E-state index contributed by atoms with van der Waals surface area (Å²) in [6, 6.07) is 20.0. The number of hydrogen-bond donors (Lipinski definition) is 0. The largest absolute Gasteiger partial charge is 0.455 e. The normalized spacial score (nSPS) is 12.4. The van der Waals surface area contributed by atoms with E-state index in [0.29, 0.717) is 0 Å². The molecule has 0 saturated carbocycles. The van der Waals surface area contributed by atoms with Crippen molar-refractivity contribution in [2.45, 2.75) is 52.1 Å². The van der Waals surface area contributed by atoms with Crippen LogP contribution in [0.4, 0.5) is 0 Å². The zero-order valence-electron chi connectivity index (χ0n) is 15.4. The Morgan fingerprint density at radius 3 is 1.22 bits per heavy atom. The van der Waals surface area contributed by atoms with Crippen molar-refractivity contribution in [1.29, 1.82) is 0 Å². The molecule has 0 aliphatic rings. The molecule has 0 aliphatic heterocycles. The molecule has 0 bridgehead atoms. The maximum atomic E-state index is 6.77. The molecule has 0 N–H and O–H groups in total. The third kappa shape index (κ3) is 6.09. The summed E-state index contributed by atoms with van der Waals surface area (Å²) in [7, 11) is -3.40. The maximum Gasteiger partial charge on any atom is 0.177 e. The minimum absolute atomic E-state index is 1.09. The fraction of sp³-hybridized carbons (Fsp3) is 0.400. The molecule has 0 spiro atoms. The molecule has 0 heterocycles. The molecule has 23 heavy (non-hydrogen) atoms. The number of benzene rings is 2. The molecule has 0 saturated heterocycles. The van der Waals surface area contributed by atoms with Gasteiger partial charge >= 0.3 is 0 Å². The van der Waals surface area contributed by atoms with E-state index in [9.17, 15) is 0 Å². The van der Waals surface area contributed by atoms with E-state index in [1.165, 1.54) is 22.3 Å². The van der Waals surface area contributed by atoms with Gasteiger partial charge in [-0.1, -0.05) is 59.7 Å². The third-order valence-electron chi connectivity index (χ3n) is 4.05. The van der Waals surface area contributed by atoms with Gasteiger partial charge in [0.25, 0.3) is 0 Å². The topological polar surface area (TPSA) is 9.23 Å². The zero-order chi connectivity index (χ0) is 17.1. The summed E-state index contributed by atoms with van der Waals surface area (Å²) in [6.07, 6.45) is 0. The molecule has 2 aromatic rings. The van der Waals surface area contributed by atoms with E-state index in [0.717, 1.165) is 12.1 Å². The first-order valence-electron chi connectivity index (χ1n) is 8.47. The highest BCUT2D eigenvalue weighted by Crippen LogP contribution is 2.22. The summed E-state index contributed by atoms with van der Waals surface area (Å²) >= 11 is 0. The molecule has 2 aromatic carbocycles. The van der Waals surface area contributed by atoms with Crippen molar-refractivity contribution in [1.82, 2.24) is 0 Å². The summed E-state index contributed by atoms with van der Waals surface area (Å²) in [5.74, 6) is 0. The van der Waals surface area contributed by atoms with E-state index in [4.69, 9.17) is 4.12 Å². The Balaban J connectivity index is 2.02. The average Bonchev–Trinajstić information content (AvgIpc) is 2.42. The Hall–Kier alpha value is -1.17. The van der Waals surface area contributed by atoms with Crippen molar-refractivity contribution in [3.05, 3.63) is 70.8 Å². The summed E-state index contributed by atoms with van der Waals surface area (Å²) in [6.45, 7) is 13.7. The molecule has 1 nitrogen and oxygen atoms in total. The molecule has 0 aliphatic carbocycles. The van der Waals surface area contributed by atoms with Crippen molar-refractivity contribution < 1.29 is 4.12 Å². The average molecular weight is 343 g/mol. The van der Waals surface area contributed by atoms with Crippen LogP contribution < -0.4 is 0 Å². The number of rotatable bonds is 6. The highest BCUT2D eigenvalue weighted by atomic mass is 28.4. The van der Waals surface area contributed by atoms with Crippen LogP contribution >= 0.6 is 0 Å². The van der Waals surface area contributed by atoms with E-state index >= 15 is 0 Å². The predicted molar refractivity (Wildman–Crippen MR) is 106 cm³/mol. The molecular formula is C20H30OSi2. The van der Waals surface area contributed by atoms with Gasteiger partial charge in [0.15, 0.2) is 16.6 Å². The lowest BCUT2D eigenvalue weighted by Crippen LogP contribution is -2.47. The Morgan fingerprint density at radius 1 is 0.609 bits per heavy atom. The van der Waals surface area contributed by atoms with Crippen LogP contribution in [0.15, 0.2) is 48.5 Å². The van der Waals surface area contributed by atoms with E-state index in [-0.39, 0.29) is 0 Å². The second-order valence-electron chi connectivity index (χ2n) is 7.95. The molecule has 0 atom stereocenters. The lowest BCUT2D eigenvalue weighted by atomic mass is 10.2. The zero-order valence-corrected chi connectivity index (χ0v) is 17.4. The van der Waals surface area contributed by atoms with Crippen molar-refractivity contribution in [3.63, 3.8) is 0 Å². The number of hydrogen-bond acceptors (Lipinski definition) is 1. The van der Waals surface area contributed by atoms with Crippen LogP contribution in [0.3, 0.4) is 0 Å². The SMILES string of the molecule is Cc1ccc(C[Si](C)(C)O[Si](C)(C)Cc2ccc(C)cc2)cc1. The van der Waals surface area contributed by atoms with E-state index in [1.807, 2.05) is 0 Å². The van der Waals surface area contributed by atoms with Gasteiger partial charge in [-0.25, -0.2) is 0 Å². The van der Waals surface area contributed by atoms with Crippen LogP contribution in [0.2, 0.25) is 26.2 Å². The molecule has 3 heteroatoms. The maximum absolute atomic E-state index is 6.77. The molecule has 0 amide bonds. The quantitative estimate of drug-likeness (QED) is 0.621. The highest BCUT2D eigenvalue weighted by molar-refractivity contribution is 6.84. The summed E-state index contributed by atoms with van der Waals surface area (Å²) in [4.78, 5) is 0. The predicted octanol–water partition coefficient (Wildman–Crippen LogP) is 5.59. The number of aryl methyl sites for hydroxylation is 2. The molecule has 124 valence electrons. The monoisotopic (exact) mass is 342 g/mol. The van der Waals surface area contributed by atoms with Gasteiger partial charge in [-0.15, -0.1) is 0 Å². The molecule has 0 radical (unpaired) electrons. The minimum Gasteiger partial charge on any atom is -0.455 e. The van der Waals surface area contributed by atoms with E-state index < -0.39 is 16.6 Å². The summed E-state index contributed by atoms with van der Waals surface area (Å²) < 4.78 is 6.77. The van der Waals surface area contributed by atoms with Crippen LogP contribution in [0.5, 0.6) is 0 Å². The van der Waals surface area contributed by atoms with Gasteiger partial charge in [0.1, 0.15) is 0 Å². The van der Waals surface area contributed by atoms with Gasteiger partial charge in [0.2, 0.25) is 0 Å². The van der Waals surface area contributed by atoms with E-state index in [1.54, 1.807) is 0 Å². The smallest absolute Gasteiger partial charge is 0.177 e. The van der Waals surface area contributed by atoms with Crippen molar-refractivity contribution in [2.24, 2.45) is 0 Å². The molecule has 0 fully saturated rings.